The molecule has 0 radical (unpaired) electrons. The molecule has 2 heterocycles. The van der Waals surface area contributed by atoms with Crippen molar-refractivity contribution in [2.24, 2.45) is 15.8 Å². The number of anilines is 2. The molecule has 0 unspecified atom stereocenters. The van der Waals surface area contributed by atoms with E-state index < -0.39 is 28.9 Å². The summed E-state index contributed by atoms with van der Waals surface area (Å²) in [5.74, 6) is -1.11. The molecule has 1 saturated carbocycles. The van der Waals surface area contributed by atoms with Gasteiger partial charge in [0.05, 0.1) is 17.9 Å². The fourth-order valence-corrected chi connectivity index (χ4v) is 6.20. The van der Waals surface area contributed by atoms with Gasteiger partial charge in [-0.1, -0.05) is 20.4 Å². The van der Waals surface area contributed by atoms with Gasteiger partial charge in [-0.3, -0.25) is 14.6 Å². The minimum atomic E-state index is -1.30. The summed E-state index contributed by atoms with van der Waals surface area (Å²) in [5, 5.41) is 5.29. The van der Waals surface area contributed by atoms with Crippen LogP contribution >= 0.6 is 0 Å². The number of likely N-dealkylation sites (tertiary alicyclic amines) is 1. The average Bonchev–Trinajstić information content (AvgIpc) is 3.92. The summed E-state index contributed by atoms with van der Waals surface area (Å²) in [6, 6.07) is 10.9. The lowest BCUT2D eigenvalue weighted by Crippen LogP contribution is -2.38. The van der Waals surface area contributed by atoms with E-state index in [9.17, 15) is 14.0 Å². The predicted molar refractivity (Wildman–Crippen MR) is 192 cm³/mol. The number of hydrogen-bond donors (Lipinski definition) is 2. The second kappa shape index (κ2) is 15.1. The molecule has 2 aliphatic heterocycles. The molecule has 3 aromatic rings. The molecule has 1 saturated heterocycles. The Morgan fingerprint density at radius 1 is 0.922 bits per heavy atom. The number of benzene rings is 3. The van der Waals surface area contributed by atoms with Crippen LogP contribution in [0.25, 0.3) is 5.76 Å². The van der Waals surface area contributed by atoms with Crippen LogP contribution in [0.1, 0.15) is 58.4 Å². The van der Waals surface area contributed by atoms with Crippen LogP contribution in [0.3, 0.4) is 0 Å². The van der Waals surface area contributed by atoms with E-state index in [1.54, 1.807) is 19.2 Å². The Kier molecular flexibility index (Phi) is 10.6. The molecule has 2 amide bonds. The van der Waals surface area contributed by atoms with Gasteiger partial charge in [0, 0.05) is 36.3 Å². The Morgan fingerprint density at radius 3 is 2.22 bits per heavy atom. The monoisotopic (exact) mass is 702 g/mol. The quantitative estimate of drug-likeness (QED) is 0.0811. The van der Waals surface area contributed by atoms with E-state index >= 15 is 4.39 Å². The van der Waals surface area contributed by atoms with Crippen molar-refractivity contribution in [1.82, 2.24) is 4.90 Å². The first-order chi connectivity index (χ1) is 24.5. The summed E-state index contributed by atoms with van der Waals surface area (Å²) in [6.45, 7) is 14.7. The third kappa shape index (κ3) is 8.33. The summed E-state index contributed by atoms with van der Waals surface area (Å²) in [5.41, 5.74) is 0.466. The molecule has 3 aliphatic rings. The van der Waals surface area contributed by atoms with Crippen molar-refractivity contribution in [3.05, 3.63) is 72.3 Å². The highest BCUT2D eigenvalue weighted by molar-refractivity contribution is 6.16. The van der Waals surface area contributed by atoms with Crippen molar-refractivity contribution in [2.75, 3.05) is 50.1 Å². The Bertz CT molecular complexity index is 1810. The zero-order chi connectivity index (χ0) is 36.2. The first kappa shape index (κ1) is 35.8. The van der Waals surface area contributed by atoms with E-state index in [1.807, 2.05) is 0 Å². The van der Waals surface area contributed by atoms with Gasteiger partial charge in [0.2, 0.25) is 17.6 Å². The Balaban J connectivity index is 1.11. The SMILES string of the molecule is C=C(Oc1ccc(NC(=O)C2(C(=O)Nc3ccc(F)cc3)CC2)cc1F)c1c(N=CC)cc(OCCCN2CCC(C)(C)CC2)c2c1OCCO2. The molecule has 0 aromatic heterocycles. The van der Waals surface area contributed by atoms with E-state index in [2.05, 4.69) is 41.0 Å². The lowest BCUT2D eigenvalue weighted by molar-refractivity contribution is -0.131. The number of halogens is 2. The van der Waals surface area contributed by atoms with Gasteiger partial charge in [-0.2, -0.15) is 0 Å². The highest BCUT2D eigenvalue weighted by Gasteiger charge is 2.56. The van der Waals surface area contributed by atoms with Crippen molar-refractivity contribution in [2.45, 2.75) is 52.9 Å². The van der Waals surface area contributed by atoms with Crippen LogP contribution in [-0.2, 0) is 9.59 Å². The molecule has 6 rings (SSSR count). The molecule has 270 valence electrons. The van der Waals surface area contributed by atoms with Crippen LogP contribution in [0, 0.1) is 22.5 Å². The van der Waals surface area contributed by atoms with Crippen LogP contribution < -0.4 is 29.6 Å². The van der Waals surface area contributed by atoms with Gasteiger partial charge in [0.25, 0.3) is 0 Å². The lowest BCUT2D eigenvalue weighted by Gasteiger charge is -2.36. The molecule has 12 heteroatoms. The maximum absolute atomic E-state index is 15.4. The predicted octanol–water partition coefficient (Wildman–Crippen LogP) is 7.76. The van der Waals surface area contributed by atoms with Gasteiger partial charge in [0.15, 0.2) is 23.1 Å². The molecule has 2 N–H and O–H groups in total. The van der Waals surface area contributed by atoms with E-state index in [-0.39, 0.29) is 23.8 Å². The standard InChI is InChI=1S/C39H44F2N4O6/c1-5-42-30-24-32(48-20-6-17-45-18-15-38(3,4)16-19-45)34-35(50-22-21-49-34)33(30)25(2)51-31-12-11-28(23-29(31)41)44-37(47)39(13-14-39)36(46)43-27-9-7-26(40)8-10-27/h5,7-12,23-24H,2,6,13-22H2,1,3-4H3,(H,43,46)(H,44,47). The number of ether oxygens (including phenoxy) is 4. The Morgan fingerprint density at radius 2 is 1.57 bits per heavy atom. The fraction of sp³-hybridized carbons (Fsp3) is 0.410. The topological polar surface area (TPSA) is 111 Å². The number of aliphatic imine (C=N–C) groups is 1. The highest BCUT2D eigenvalue weighted by atomic mass is 19.1. The third-order valence-corrected chi connectivity index (χ3v) is 9.53. The first-order valence-electron chi connectivity index (χ1n) is 17.3. The van der Waals surface area contributed by atoms with Crippen molar-refractivity contribution < 1.29 is 37.3 Å². The molecule has 3 aromatic carbocycles. The van der Waals surface area contributed by atoms with Gasteiger partial charge in [0.1, 0.15) is 30.2 Å². The molecule has 0 spiro atoms. The molecule has 1 aliphatic carbocycles. The average molecular weight is 703 g/mol. The molecular formula is C39H44F2N4O6. The van der Waals surface area contributed by atoms with Gasteiger partial charge >= 0.3 is 0 Å². The number of amides is 2. The fourth-order valence-electron chi connectivity index (χ4n) is 6.20. The summed E-state index contributed by atoms with van der Waals surface area (Å²) < 4.78 is 52.9. The maximum atomic E-state index is 15.4. The molecule has 0 atom stereocenters. The number of nitrogens with one attached hydrogen (secondary N) is 2. The number of nitrogens with zero attached hydrogens (tertiary/aromatic N) is 2. The first-order valence-corrected chi connectivity index (χ1v) is 17.3. The molecule has 10 nitrogen and oxygen atoms in total. The minimum absolute atomic E-state index is 0.0713. The van der Waals surface area contributed by atoms with Crippen LogP contribution in [0.5, 0.6) is 23.0 Å². The van der Waals surface area contributed by atoms with Gasteiger partial charge in [-0.25, -0.2) is 8.78 Å². The number of piperidine rings is 1. The summed E-state index contributed by atoms with van der Waals surface area (Å²) in [6.07, 6.45) is 5.49. The molecule has 51 heavy (non-hydrogen) atoms. The smallest absolute Gasteiger partial charge is 0.240 e. The van der Waals surface area contributed by atoms with Crippen molar-refractivity contribution in [1.29, 1.82) is 0 Å². The van der Waals surface area contributed by atoms with Crippen molar-refractivity contribution >= 4 is 40.9 Å². The van der Waals surface area contributed by atoms with E-state index in [0.29, 0.717) is 65.7 Å². The van der Waals surface area contributed by atoms with Gasteiger partial charge in [-0.15, -0.1) is 0 Å². The second-order valence-corrected chi connectivity index (χ2v) is 13.9. The van der Waals surface area contributed by atoms with Crippen LogP contribution in [0.4, 0.5) is 25.8 Å². The van der Waals surface area contributed by atoms with Crippen LogP contribution in [0.15, 0.2) is 60.1 Å². The Labute approximate surface area is 296 Å². The number of fused-ring (bicyclic) bond motifs is 1. The number of carbonyl (C=O) groups excluding carboxylic acids is 2. The number of carbonyl (C=O) groups is 2. The summed E-state index contributed by atoms with van der Waals surface area (Å²) in [4.78, 5) is 33.0. The Hall–Kier alpha value is -4.97. The van der Waals surface area contributed by atoms with E-state index in [0.717, 1.165) is 32.1 Å². The maximum Gasteiger partial charge on any atom is 0.240 e. The largest absolute Gasteiger partial charge is 0.489 e. The zero-order valence-electron chi connectivity index (χ0n) is 29.3. The molecular weight excluding hydrogens is 658 g/mol. The third-order valence-electron chi connectivity index (χ3n) is 9.53. The minimum Gasteiger partial charge on any atom is -0.489 e. The molecule has 2 fully saturated rings. The van der Waals surface area contributed by atoms with Crippen LogP contribution in [0.2, 0.25) is 0 Å². The summed E-state index contributed by atoms with van der Waals surface area (Å²) >= 11 is 0. The van der Waals surface area contributed by atoms with E-state index in [1.165, 1.54) is 49.2 Å². The highest BCUT2D eigenvalue weighted by Crippen LogP contribution is 2.50. The van der Waals surface area contributed by atoms with Crippen molar-refractivity contribution in [3.8, 4) is 23.0 Å². The zero-order valence-corrected chi connectivity index (χ0v) is 29.3. The van der Waals surface area contributed by atoms with Crippen LogP contribution in [-0.4, -0.2) is 62.4 Å². The second-order valence-electron chi connectivity index (χ2n) is 13.9. The lowest BCUT2D eigenvalue weighted by atomic mass is 9.83. The number of hydrogen-bond acceptors (Lipinski definition) is 8. The van der Waals surface area contributed by atoms with E-state index in [4.69, 9.17) is 18.9 Å². The van der Waals surface area contributed by atoms with Gasteiger partial charge < -0.3 is 34.5 Å². The summed E-state index contributed by atoms with van der Waals surface area (Å²) in [7, 11) is 0. The molecule has 0 bridgehead atoms. The van der Waals surface area contributed by atoms with Crippen molar-refractivity contribution in [3.63, 3.8) is 0 Å². The normalized spacial score (nSPS) is 17.4. The van der Waals surface area contributed by atoms with Gasteiger partial charge in [-0.05, 0) is 93.9 Å². The number of rotatable bonds is 13.